The number of hydrogen-bond donors (Lipinski definition) is 3. The fourth-order valence-electron chi connectivity index (χ4n) is 5.03. The van der Waals surface area contributed by atoms with E-state index in [1.165, 1.54) is 12.1 Å². The van der Waals surface area contributed by atoms with E-state index in [9.17, 15) is 28.0 Å². The van der Waals surface area contributed by atoms with Crippen LogP contribution in [0.5, 0.6) is 5.75 Å². The standard InChI is InChI=1S/C30H27NO6S/c32-27(21-7-3-1-4-8-21)18-17-26-29(31(30(26)34)23-9-5-2-6-10-23)25-16-13-22(19-28(25)33)20-11-14-24(15-12-20)38(35,36)37/h1-16,19,26-27,29,32-33H,17-18H2,(H,35,36,37)/t26-,27+,29-/m1/s1. The zero-order valence-electron chi connectivity index (χ0n) is 20.4. The minimum Gasteiger partial charge on any atom is -0.508 e. The lowest BCUT2D eigenvalue weighted by molar-refractivity contribution is -0.131. The third-order valence-corrected chi connectivity index (χ3v) is 7.89. The quantitative estimate of drug-likeness (QED) is 0.204. The fraction of sp³-hybridized carbons (Fsp3) is 0.167. The normalized spacial score (nSPS) is 18.2. The van der Waals surface area contributed by atoms with Crippen LogP contribution in [0.2, 0.25) is 0 Å². The average molecular weight is 530 g/mol. The van der Waals surface area contributed by atoms with Crippen molar-refractivity contribution in [3.8, 4) is 16.9 Å². The summed E-state index contributed by atoms with van der Waals surface area (Å²) in [4.78, 5) is 14.8. The number of benzene rings is 4. The fourth-order valence-corrected chi connectivity index (χ4v) is 5.51. The first-order valence-corrected chi connectivity index (χ1v) is 13.7. The maximum Gasteiger partial charge on any atom is 0.294 e. The number of carbonyl (C=O) groups excluding carboxylic acids is 1. The second kappa shape index (κ2) is 10.4. The molecule has 0 bridgehead atoms. The highest BCUT2D eigenvalue weighted by molar-refractivity contribution is 7.85. The van der Waals surface area contributed by atoms with Crippen LogP contribution >= 0.6 is 0 Å². The predicted octanol–water partition coefficient (Wildman–Crippen LogP) is 5.52. The largest absolute Gasteiger partial charge is 0.508 e. The van der Waals surface area contributed by atoms with Crippen molar-refractivity contribution in [3.05, 3.63) is 114 Å². The Kier molecular flexibility index (Phi) is 7.03. The highest BCUT2D eigenvalue weighted by atomic mass is 32.2. The Bertz CT molecular complexity index is 1540. The van der Waals surface area contributed by atoms with E-state index in [2.05, 4.69) is 0 Å². The first-order valence-electron chi connectivity index (χ1n) is 12.3. The summed E-state index contributed by atoms with van der Waals surface area (Å²) >= 11 is 0. The van der Waals surface area contributed by atoms with E-state index in [-0.39, 0.29) is 16.6 Å². The highest BCUT2D eigenvalue weighted by Crippen LogP contribution is 2.49. The van der Waals surface area contributed by atoms with Gasteiger partial charge < -0.3 is 15.1 Å². The molecule has 1 aliphatic rings. The van der Waals surface area contributed by atoms with Crippen molar-refractivity contribution in [2.24, 2.45) is 5.92 Å². The van der Waals surface area contributed by atoms with Gasteiger partial charge in [-0.1, -0.05) is 72.8 Å². The zero-order valence-corrected chi connectivity index (χ0v) is 21.2. The molecule has 1 aliphatic heterocycles. The first-order chi connectivity index (χ1) is 18.2. The van der Waals surface area contributed by atoms with Gasteiger partial charge in [0.05, 0.1) is 23.0 Å². The molecule has 1 heterocycles. The van der Waals surface area contributed by atoms with Gasteiger partial charge in [-0.25, -0.2) is 0 Å². The number of aliphatic hydroxyl groups excluding tert-OH is 1. The lowest BCUT2D eigenvalue weighted by Gasteiger charge is -2.48. The number of β-lactam (4-membered cyclic amide) rings is 1. The number of phenols is 1. The van der Waals surface area contributed by atoms with Crippen LogP contribution in [0.4, 0.5) is 5.69 Å². The Morgan fingerprint density at radius 2 is 1.42 bits per heavy atom. The van der Waals surface area contributed by atoms with Gasteiger partial charge in [0.2, 0.25) is 5.91 Å². The van der Waals surface area contributed by atoms with Gasteiger partial charge >= 0.3 is 0 Å². The molecule has 7 nitrogen and oxygen atoms in total. The third-order valence-electron chi connectivity index (χ3n) is 7.02. The summed E-state index contributed by atoms with van der Waals surface area (Å²) in [6.07, 6.45) is 0.150. The molecule has 194 valence electrons. The topological polar surface area (TPSA) is 115 Å². The van der Waals surface area contributed by atoms with Gasteiger partial charge in [-0.05, 0) is 59.9 Å². The SMILES string of the molecule is O=C1[C@H](CC[C@H](O)c2ccccc2)[C@@H](c2ccc(-c3ccc(S(=O)(=O)O)cc3)cc2O)N1c1ccccc1. The van der Waals surface area contributed by atoms with Gasteiger partial charge in [0.15, 0.2) is 0 Å². The lowest BCUT2D eigenvalue weighted by atomic mass is 9.77. The van der Waals surface area contributed by atoms with Crippen molar-refractivity contribution < 1.29 is 28.0 Å². The number of amides is 1. The van der Waals surface area contributed by atoms with E-state index >= 15 is 0 Å². The van der Waals surface area contributed by atoms with Crippen LogP contribution < -0.4 is 4.90 Å². The van der Waals surface area contributed by atoms with Gasteiger partial charge in [-0.2, -0.15) is 8.42 Å². The van der Waals surface area contributed by atoms with Crippen molar-refractivity contribution >= 4 is 21.7 Å². The van der Waals surface area contributed by atoms with E-state index < -0.39 is 28.2 Å². The second-order valence-electron chi connectivity index (χ2n) is 9.37. The van der Waals surface area contributed by atoms with E-state index in [4.69, 9.17) is 0 Å². The van der Waals surface area contributed by atoms with Crippen molar-refractivity contribution in [2.45, 2.75) is 29.9 Å². The predicted molar refractivity (Wildman–Crippen MR) is 144 cm³/mol. The number of nitrogens with zero attached hydrogens (tertiary/aromatic N) is 1. The van der Waals surface area contributed by atoms with E-state index in [0.717, 1.165) is 11.3 Å². The number of carbonyl (C=O) groups is 1. The Morgan fingerprint density at radius 1 is 0.816 bits per heavy atom. The number of aliphatic hydroxyl groups is 1. The van der Waals surface area contributed by atoms with Crippen LogP contribution in [0.25, 0.3) is 11.1 Å². The monoisotopic (exact) mass is 529 g/mol. The van der Waals surface area contributed by atoms with Crippen molar-refractivity contribution in [2.75, 3.05) is 4.90 Å². The minimum atomic E-state index is -4.30. The van der Waals surface area contributed by atoms with E-state index in [1.807, 2.05) is 60.7 Å². The smallest absolute Gasteiger partial charge is 0.294 e. The van der Waals surface area contributed by atoms with Gasteiger partial charge in [-0.15, -0.1) is 0 Å². The molecule has 4 aromatic carbocycles. The number of aromatic hydroxyl groups is 1. The molecule has 0 spiro atoms. The first kappa shape index (κ1) is 25.7. The van der Waals surface area contributed by atoms with E-state index in [0.29, 0.717) is 29.5 Å². The summed E-state index contributed by atoms with van der Waals surface area (Å²) in [5, 5.41) is 21.7. The lowest BCUT2D eigenvalue weighted by Crippen LogP contribution is -2.55. The molecule has 8 heteroatoms. The third kappa shape index (κ3) is 5.06. The molecular formula is C30H27NO6S. The van der Waals surface area contributed by atoms with Crippen LogP contribution in [0.1, 0.15) is 36.1 Å². The number of rotatable bonds is 8. The molecule has 38 heavy (non-hydrogen) atoms. The maximum absolute atomic E-state index is 13.3. The van der Waals surface area contributed by atoms with Crippen LogP contribution in [0, 0.1) is 5.92 Å². The highest BCUT2D eigenvalue weighted by Gasteiger charge is 2.49. The van der Waals surface area contributed by atoms with Crippen molar-refractivity contribution in [1.82, 2.24) is 0 Å². The van der Waals surface area contributed by atoms with Crippen LogP contribution in [-0.2, 0) is 14.9 Å². The molecule has 4 aromatic rings. The Balaban J connectivity index is 1.43. The summed E-state index contributed by atoms with van der Waals surface area (Å²) in [6, 6.07) is 29.0. The van der Waals surface area contributed by atoms with Crippen LogP contribution in [0.15, 0.2) is 108 Å². The van der Waals surface area contributed by atoms with Gasteiger partial charge in [0.25, 0.3) is 10.1 Å². The summed E-state index contributed by atoms with van der Waals surface area (Å²) in [5.74, 6) is -0.474. The van der Waals surface area contributed by atoms with Crippen molar-refractivity contribution in [1.29, 1.82) is 0 Å². The summed E-state index contributed by atoms with van der Waals surface area (Å²) in [6.45, 7) is 0. The number of para-hydroxylation sites is 1. The molecule has 0 radical (unpaired) electrons. The maximum atomic E-state index is 13.3. The molecule has 0 saturated carbocycles. The summed E-state index contributed by atoms with van der Waals surface area (Å²) < 4.78 is 31.9. The molecule has 1 fully saturated rings. The Labute approximate surface area is 221 Å². The molecule has 1 amide bonds. The molecule has 3 N–H and O–H groups in total. The molecule has 1 saturated heterocycles. The van der Waals surface area contributed by atoms with Gasteiger partial charge in [0, 0.05) is 11.3 Å². The van der Waals surface area contributed by atoms with Crippen LogP contribution in [0.3, 0.4) is 0 Å². The van der Waals surface area contributed by atoms with Crippen molar-refractivity contribution in [3.63, 3.8) is 0 Å². The Morgan fingerprint density at radius 3 is 2.03 bits per heavy atom. The minimum absolute atomic E-state index is 0.00777. The van der Waals surface area contributed by atoms with E-state index in [1.54, 1.807) is 35.2 Å². The molecule has 0 aromatic heterocycles. The second-order valence-corrected chi connectivity index (χ2v) is 10.8. The van der Waals surface area contributed by atoms with Gasteiger partial charge in [0.1, 0.15) is 5.75 Å². The van der Waals surface area contributed by atoms with Crippen LogP contribution in [-0.4, -0.2) is 29.1 Å². The molecule has 0 aliphatic carbocycles. The number of hydrogen-bond acceptors (Lipinski definition) is 5. The number of anilines is 1. The summed E-state index contributed by atoms with van der Waals surface area (Å²) in [7, 11) is -4.30. The number of phenolic OH excluding ortho intramolecular Hbond substituents is 1. The average Bonchev–Trinajstić information content (AvgIpc) is 2.92. The van der Waals surface area contributed by atoms with Gasteiger partial charge in [-0.3, -0.25) is 9.35 Å². The molecule has 3 atom stereocenters. The molecule has 5 rings (SSSR count). The Hall–Kier alpha value is -3.98. The molecular weight excluding hydrogens is 502 g/mol. The summed E-state index contributed by atoms with van der Waals surface area (Å²) in [5.41, 5.74) is 3.42. The zero-order chi connectivity index (χ0) is 26.9. The molecule has 0 unspecified atom stereocenters.